The molecule has 1 amide bonds. The zero-order valence-electron chi connectivity index (χ0n) is 11.4. The lowest BCUT2D eigenvalue weighted by Crippen LogP contribution is -2.43. The maximum absolute atomic E-state index is 11.9. The van der Waals surface area contributed by atoms with Crippen molar-refractivity contribution >= 4 is 11.9 Å². The van der Waals surface area contributed by atoms with Crippen LogP contribution in [0.3, 0.4) is 0 Å². The van der Waals surface area contributed by atoms with Crippen molar-refractivity contribution in [2.75, 3.05) is 32.7 Å². The molecule has 0 aromatic carbocycles. The second-order valence-electron chi connectivity index (χ2n) is 4.88. The van der Waals surface area contributed by atoms with Gasteiger partial charge < -0.3 is 10.0 Å². The van der Waals surface area contributed by atoms with E-state index in [0.717, 1.165) is 39.0 Å². The first kappa shape index (κ1) is 15.0. The van der Waals surface area contributed by atoms with Crippen LogP contribution in [0.1, 0.15) is 33.1 Å². The van der Waals surface area contributed by atoms with E-state index in [1.54, 1.807) is 0 Å². The number of piperidine rings is 1. The topological polar surface area (TPSA) is 60.9 Å². The zero-order chi connectivity index (χ0) is 13.5. The van der Waals surface area contributed by atoms with Crippen molar-refractivity contribution in [2.24, 2.45) is 5.92 Å². The highest BCUT2D eigenvalue weighted by atomic mass is 16.4. The Morgan fingerprint density at radius 1 is 1.22 bits per heavy atom. The Balaban J connectivity index is 2.31. The molecule has 1 aliphatic heterocycles. The predicted octanol–water partition coefficient (Wildman–Crippen LogP) is 1.04. The van der Waals surface area contributed by atoms with Crippen LogP contribution < -0.4 is 0 Å². The normalized spacial score (nSPS) is 17.7. The average Bonchev–Trinajstić information content (AvgIpc) is 2.32. The van der Waals surface area contributed by atoms with Gasteiger partial charge in [-0.25, -0.2) is 0 Å². The fraction of sp³-hybridized carbons (Fsp3) is 0.846. The van der Waals surface area contributed by atoms with Crippen molar-refractivity contribution in [1.29, 1.82) is 0 Å². The summed E-state index contributed by atoms with van der Waals surface area (Å²) >= 11 is 0. The quantitative estimate of drug-likeness (QED) is 0.771. The third-order valence-corrected chi connectivity index (χ3v) is 3.65. The van der Waals surface area contributed by atoms with Crippen molar-refractivity contribution < 1.29 is 14.7 Å². The Morgan fingerprint density at radius 3 is 2.22 bits per heavy atom. The van der Waals surface area contributed by atoms with Crippen LogP contribution in [-0.4, -0.2) is 59.5 Å². The second-order valence-corrected chi connectivity index (χ2v) is 4.88. The molecule has 5 heteroatoms. The number of nitrogens with zero attached hydrogens (tertiary/aromatic N) is 2. The van der Waals surface area contributed by atoms with Gasteiger partial charge in [-0.3, -0.25) is 14.5 Å². The Hall–Kier alpha value is -1.10. The molecule has 1 heterocycles. The molecule has 1 rings (SSSR count). The summed E-state index contributed by atoms with van der Waals surface area (Å²) in [6.07, 6.45) is 2.04. The minimum absolute atomic E-state index is 0.177. The smallest absolute Gasteiger partial charge is 0.303 e. The Morgan fingerprint density at radius 2 is 1.78 bits per heavy atom. The number of carbonyl (C=O) groups excluding carboxylic acids is 1. The van der Waals surface area contributed by atoms with Gasteiger partial charge in [0.1, 0.15) is 0 Å². The molecule has 0 spiro atoms. The van der Waals surface area contributed by atoms with E-state index in [1.165, 1.54) is 0 Å². The van der Waals surface area contributed by atoms with Crippen LogP contribution in [0.2, 0.25) is 0 Å². The van der Waals surface area contributed by atoms with E-state index < -0.39 is 5.97 Å². The van der Waals surface area contributed by atoms with Crippen LogP contribution in [0.15, 0.2) is 0 Å². The molecule has 18 heavy (non-hydrogen) atoms. The van der Waals surface area contributed by atoms with Crippen LogP contribution in [0.25, 0.3) is 0 Å². The van der Waals surface area contributed by atoms with Gasteiger partial charge in [0.25, 0.3) is 0 Å². The lowest BCUT2D eigenvalue weighted by atomic mass is 9.94. The summed E-state index contributed by atoms with van der Waals surface area (Å²) in [7, 11) is 0. The molecule has 0 aromatic rings. The molecule has 0 unspecified atom stereocenters. The molecule has 1 fully saturated rings. The average molecular weight is 256 g/mol. The second kappa shape index (κ2) is 7.36. The lowest BCUT2D eigenvalue weighted by molar-refractivity contribution is -0.139. The molecule has 0 saturated carbocycles. The van der Waals surface area contributed by atoms with Crippen molar-refractivity contribution in [3.8, 4) is 0 Å². The van der Waals surface area contributed by atoms with Gasteiger partial charge in [0.15, 0.2) is 0 Å². The Kier molecular flexibility index (Phi) is 6.12. The third kappa shape index (κ3) is 4.64. The molecule has 0 atom stereocenters. The SMILES string of the molecule is CCN(CC)C(=O)CN1CCC(CC(=O)O)CC1. The monoisotopic (exact) mass is 256 g/mol. The minimum atomic E-state index is -0.715. The summed E-state index contributed by atoms with van der Waals surface area (Å²) in [5.74, 6) is -0.258. The van der Waals surface area contributed by atoms with Gasteiger partial charge in [-0.2, -0.15) is 0 Å². The number of amides is 1. The van der Waals surface area contributed by atoms with Crippen molar-refractivity contribution in [2.45, 2.75) is 33.1 Å². The summed E-state index contributed by atoms with van der Waals surface area (Å²) in [6, 6.07) is 0. The summed E-state index contributed by atoms with van der Waals surface area (Å²) in [4.78, 5) is 26.5. The number of carbonyl (C=O) groups is 2. The number of carboxylic acid groups (broad SMARTS) is 1. The highest BCUT2D eigenvalue weighted by Crippen LogP contribution is 2.20. The Labute approximate surface area is 109 Å². The summed E-state index contributed by atoms with van der Waals surface area (Å²) in [5, 5.41) is 8.74. The fourth-order valence-electron chi connectivity index (χ4n) is 2.46. The molecule has 1 aliphatic rings. The van der Waals surface area contributed by atoms with E-state index >= 15 is 0 Å². The van der Waals surface area contributed by atoms with Crippen molar-refractivity contribution in [3.63, 3.8) is 0 Å². The van der Waals surface area contributed by atoms with Crippen LogP contribution in [0, 0.1) is 5.92 Å². The largest absolute Gasteiger partial charge is 0.481 e. The minimum Gasteiger partial charge on any atom is -0.481 e. The molecule has 104 valence electrons. The van der Waals surface area contributed by atoms with E-state index in [1.807, 2.05) is 18.7 Å². The van der Waals surface area contributed by atoms with Gasteiger partial charge in [-0.15, -0.1) is 0 Å². The van der Waals surface area contributed by atoms with Crippen LogP contribution >= 0.6 is 0 Å². The van der Waals surface area contributed by atoms with Crippen LogP contribution in [0.5, 0.6) is 0 Å². The van der Waals surface area contributed by atoms with Gasteiger partial charge in [0.2, 0.25) is 5.91 Å². The lowest BCUT2D eigenvalue weighted by Gasteiger charge is -2.32. The number of hydrogen-bond donors (Lipinski definition) is 1. The fourth-order valence-corrected chi connectivity index (χ4v) is 2.46. The number of likely N-dealkylation sites (N-methyl/N-ethyl adjacent to an activating group) is 1. The van der Waals surface area contributed by atoms with Gasteiger partial charge in [0, 0.05) is 19.5 Å². The van der Waals surface area contributed by atoms with Gasteiger partial charge in [-0.1, -0.05) is 0 Å². The first-order chi connectivity index (χ1) is 8.56. The van der Waals surface area contributed by atoms with E-state index in [0.29, 0.717) is 6.54 Å². The first-order valence-electron chi connectivity index (χ1n) is 6.78. The number of rotatable bonds is 6. The first-order valence-corrected chi connectivity index (χ1v) is 6.78. The third-order valence-electron chi connectivity index (χ3n) is 3.65. The number of hydrogen-bond acceptors (Lipinski definition) is 3. The van der Waals surface area contributed by atoms with Gasteiger partial charge in [0.05, 0.1) is 6.54 Å². The summed E-state index contributed by atoms with van der Waals surface area (Å²) in [6.45, 7) is 7.63. The number of carboxylic acids is 1. The summed E-state index contributed by atoms with van der Waals surface area (Å²) in [5.41, 5.74) is 0. The molecule has 0 aliphatic carbocycles. The van der Waals surface area contributed by atoms with Crippen molar-refractivity contribution in [3.05, 3.63) is 0 Å². The van der Waals surface area contributed by atoms with Crippen molar-refractivity contribution in [1.82, 2.24) is 9.80 Å². The molecule has 5 nitrogen and oxygen atoms in total. The highest BCUT2D eigenvalue weighted by Gasteiger charge is 2.23. The van der Waals surface area contributed by atoms with Crippen LogP contribution in [0.4, 0.5) is 0 Å². The van der Waals surface area contributed by atoms with E-state index in [-0.39, 0.29) is 18.2 Å². The van der Waals surface area contributed by atoms with E-state index in [2.05, 4.69) is 4.90 Å². The zero-order valence-corrected chi connectivity index (χ0v) is 11.4. The van der Waals surface area contributed by atoms with Gasteiger partial charge in [-0.05, 0) is 45.7 Å². The number of aliphatic carboxylic acids is 1. The molecular formula is C13H24N2O3. The molecule has 1 saturated heterocycles. The molecule has 0 bridgehead atoms. The highest BCUT2D eigenvalue weighted by molar-refractivity contribution is 5.78. The van der Waals surface area contributed by atoms with E-state index in [9.17, 15) is 9.59 Å². The maximum atomic E-state index is 11.9. The Bertz CT molecular complexity index is 282. The predicted molar refractivity (Wildman–Crippen MR) is 69.3 cm³/mol. The molecule has 0 radical (unpaired) electrons. The summed E-state index contributed by atoms with van der Waals surface area (Å²) < 4.78 is 0. The number of likely N-dealkylation sites (tertiary alicyclic amines) is 1. The molecule has 0 aromatic heterocycles. The molecular weight excluding hydrogens is 232 g/mol. The van der Waals surface area contributed by atoms with Gasteiger partial charge >= 0.3 is 5.97 Å². The standard InChI is InChI=1S/C13H24N2O3/c1-3-15(4-2)12(16)10-14-7-5-11(6-8-14)9-13(17)18/h11H,3-10H2,1-2H3,(H,17,18). The molecule has 1 N–H and O–H groups in total. The van der Waals surface area contributed by atoms with E-state index in [4.69, 9.17) is 5.11 Å². The maximum Gasteiger partial charge on any atom is 0.303 e. The van der Waals surface area contributed by atoms with Crippen LogP contribution in [-0.2, 0) is 9.59 Å².